The van der Waals surface area contributed by atoms with Gasteiger partial charge >= 0.3 is 5.97 Å². The van der Waals surface area contributed by atoms with Crippen molar-refractivity contribution in [2.45, 2.75) is 69.5 Å². The highest BCUT2D eigenvalue weighted by Crippen LogP contribution is 2.29. The number of aliphatic hydroxyl groups excluding tert-OH is 1. The molecule has 0 radical (unpaired) electrons. The normalized spacial score (nSPS) is 24.4. The van der Waals surface area contributed by atoms with Crippen molar-refractivity contribution in [2.24, 2.45) is 0 Å². The second-order valence-corrected chi connectivity index (χ2v) is 4.92. The average Bonchev–Trinajstić information content (AvgIpc) is 2.91. The Bertz CT molecular complexity index is 189. The minimum atomic E-state index is -1.77. The molecule has 94 valence electrons. The van der Waals surface area contributed by atoms with Crippen LogP contribution in [-0.4, -0.2) is 35.0 Å². The maximum atomic E-state index is 10.0. The molecule has 0 aromatic carbocycles. The van der Waals surface area contributed by atoms with Crippen molar-refractivity contribution < 1.29 is 19.7 Å². The van der Waals surface area contributed by atoms with Gasteiger partial charge in [0.25, 0.3) is 0 Å². The van der Waals surface area contributed by atoms with Gasteiger partial charge in [-0.2, -0.15) is 0 Å². The largest absolute Gasteiger partial charge is 0.388 e. The summed E-state index contributed by atoms with van der Waals surface area (Å²) in [5, 5.41) is 19.3. The molecule has 4 heteroatoms. The quantitative estimate of drug-likeness (QED) is 0.703. The molecular weight excluding hydrogens is 208 g/mol. The average molecular weight is 230 g/mol. The van der Waals surface area contributed by atoms with E-state index < -0.39 is 12.6 Å². The summed E-state index contributed by atoms with van der Waals surface area (Å²) in [6.07, 6.45) is 8.44. The fourth-order valence-electron chi connectivity index (χ4n) is 2.64. The van der Waals surface area contributed by atoms with Gasteiger partial charge < -0.3 is 19.7 Å². The van der Waals surface area contributed by atoms with Gasteiger partial charge in [0.1, 0.15) is 6.61 Å². The topological polar surface area (TPSA) is 58.9 Å². The molecule has 0 aliphatic heterocycles. The van der Waals surface area contributed by atoms with E-state index in [0.717, 1.165) is 51.4 Å². The standard InChI is InChI=1S/C12H22O4/c13-9-12(14,15-10-5-1-2-6-10)16-11-7-3-4-8-11/h10-11,13-14H,1-9H2. The summed E-state index contributed by atoms with van der Waals surface area (Å²) in [6, 6.07) is 0. The summed E-state index contributed by atoms with van der Waals surface area (Å²) in [7, 11) is 0. The summed E-state index contributed by atoms with van der Waals surface area (Å²) >= 11 is 0. The van der Waals surface area contributed by atoms with E-state index in [1.807, 2.05) is 0 Å². The van der Waals surface area contributed by atoms with Gasteiger partial charge in [0.15, 0.2) is 0 Å². The van der Waals surface area contributed by atoms with E-state index in [4.69, 9.17) is 9.47 Å². The van der Waals surface area contributed by atoms with Crippen LogP contribution < -0.4 is 0 Å². The molecule has 0 unspecified atom stereocenters. The number of hydrogen-bond acceptors (Lipinski definition) is 4. The van der Waals surface area contributed by atoms with Crippen LogP contribution in [0.5, 0.6) is 0 Å². The molecule has 2 aliphatic rings. The van der Waals surface area contributed by atoms with Gasteiger partial charge in [-0.3, -0.25) is 0 Å². The molecule has 0 amide bonds. The van der Waals surface area contributed by atoms with Gasteiger partial charge in [0.05, 0.1) is 12.2 Å². The SMILES string of the molecule is OCC(O)(OC1CCCC1)OC1CCCC1. The highest BCUT2D eigenvalue weighted by molar-refractivity contribution is 4.72. The lowest BCUT2D eigenvalue weighted by atomic mass is 10.3. The Hall–Kier alpha value is -0.160. The molecule has 2 aliphatic carbocycles. The Morgan fingerprint density at radius 3 is 1.56 bits per heavy atom. The molecule has 0 bridgehead atoms. The number of ether oxygens (including phenoxy) is 2. The van der Waals surface area contributed by atoms with Crippen molar-refractivity contribution in [3.63, 3.8) is 0 Å². The third-order valence-electron chi connectivity index (χ3n) is 3.51. The summed E-state index contributed by atoms with van der Waals surface area (Å²) in [6.45, 7) is -0.486. The summed E-state index contributed by atoms with van der Waals surface area (Å²) in [5.41, 5.74) is 0. The second-order valence-electron chi connectivity index (χ2n) is 4.92. The minimum absolute atomic E-state index is 0.0403. The van der Waals surface area contributed by atoms with E-state index in [9.17, 15) is 10.2 Å². The van der Waals surface area contributed by atoms with Crippen LogP contribution in [0, 0.1) is 0 Å². The molecule has 16 heavy (non-hydrogen) atoms. The Morgan fingerprint density at radius 1 is 0.875 bits per heavy atom. The van der Waals surface area contributed by atoms with E-state index in [-0.39, 0.29) is 12.2 Å². The Labute approximate surface area is 96.6 Å². The Morgan fingerprint density at radius 2 is 1.25 bits per heavy atom. The molecule has 0 heterocycles. The van der Waals surface area contributed by atoms with Crippen LogP contribution in [0.1, 0.15) is 51.4 Å². The highest BCUT2D eigenvalue weighted by Gasteiger charge is 2.36. The van der Waals surface area contributed by atoms with E-state index in [2.05, 4.69) is 0 Å². The van der Waals surface area contributed by atoms with E-state index in [0.29, 0.717) is 0 Å². The molecule has 0 aromatic heterocycles. The maximum Gasteiger partial charge on any atom is 0.305 e. The van der Waals surface area contributed by atoms with Crippen molar-refractivity contribution in [1.29, 1.82) is 0 Å². The zero-order valence-electron chi connectivity index (χ0n) is 9.73. The van der Waals surface area contributed by atoms with Crippen molar-refractivity contribution in [1.82, 2.24) is 0 Å². The zero-order valence-corrected chi connectivity index (χ0v) is 9.73. The first kappa shape index (κ1) is 12.3. The molecule has 0 atom stereocenters. The predicted molar refractivity (Wildman–Crippen MR) is 58.7 cm³/mol. The highest BCUT2D eigenvalue weighted by atomic mass is 16.8. The third-order valence-corrected chi connectivity index (χ3v) is 3.51. The molecular formula is C12H22O4. The molecule has 2 fully saturated rings. The first-order valence-corrected chi connectivity index (χ1v) is 6.41. The molecule has 2 rings (SSSR count). The maximum absolute atomic E-state index is 10.0. The van der Waals surface area contributed by atoms with Crippen molar-refractivity contribution in [3.05, 3.63) is 0 Å². The Kier molecular flexibility index (Phi) is 4.19. The lowest BCUT2D eigenvalue weighted by Crippen LogP contribution is -2.44. The molecule has 2 saturated carbocycles. The minimum Gasteiger partial charge on any atom is -0.388 e. The smallest absolute Gasteiger partial charge is 0.305 e. The predicted octanol–water partition coefficient (Wildman–Crippen LogP) is 1.54. The molecule has 0 aromatic rings. The van der Waals surface area contributed by atoms with Crippen LogP contribution in [-0.2, 0) is 9.47 Å². The number of hydrogen-bond donors (Lipinski definition) is 2. The fourth-order valence-corrected chi connectivity index (χ4v) is 2.64. The first-order chi connectivity index (χ1) is 7.72. The van der Waals surface area contributed by atoms with E-state index >= 15 is 0 Å². The Balaban J connectivity index is 1.83. The third kappa shape index (κ3) is 3.17. The van der Waals surface area contributed by atoms with Crippen LogP contribution in [0.15, 0.2) is 0 Å². The molecule has 0 saturated heterocycles. The molecule has 0 spiro atoms. The monoisotopic (exact) mass is 230 g/mol. The lowest BCUT2D eigenvalue weighted by Gasteiger charge is -2.31. The molecule has 2 N–H and O–H groups in total. The van der Waals surface area contributed by atoms with Gasteiger partial charge in [-0.25, -0.2) is 0 Å². The van der Waals surface area contributed by atoms with Gasteiger partial charge in [-0.1, -0.05) is 25.7 Å². The molecule has 4 nitrogen and oxygen atoms in total. The van der Waals surface area contributed by atoms with Crippen LogP contribution in [0.3, 0.4) is 0 Å². The second kappa shape index (κ2) is 5.45. The summed E-state index contributed by atoms with van der Waals surface area (Å²) in [4.78, 5) is 0. The fraction of sp³-hybridized carbons (Fsp3) is 1.00. The van der Waals surface area contributed by atoms with Crippen molar-refractivity contribution >= 4 is 0 Å². The van der Waals surface area contributed by atoms with Crippen LogP contribution in [0.25, 0.3) is 0 Å². The van der Waals surface area contributed by atoms with Gasteiger partial charge in [0.2, 0.25) is 0 Å². The van der Waals surface area contributed by atoms with E-state index in [1.54, 1.807) is 0 Å². The first-order valence-electron chi connectivity index (χ1n) is 6.41. The van der Waals surface area contributed by atoms with Crippen LogP contribution >= 0.6 is 0 Å². The number of rotatable bonds is 5. The zero-order chi connectivity index (χ0) is 11.4. The van der Waals surface area contributed by atoms with Gasteiger partial charge in [0, 0.05) is 0 Å². The van der Waals surface area contributed by atoms with Crippen LogP contribution in [0.4, 0.5) is 0 Å². The van der Waals surface area contributed by atoms with Crippen molar-refractivity contribution in [2.75, 3.05) is 6.61 Å². The number of aliphatic hydroxyl groups is 2. The lowest BCUT2D eigenvalue weighted by molar-refractivity contribution is -0.397. The van der Waals surface area contributed by atoms with E-state index in [1.165, 1.54) is 0 Å². The van der Waals surface area contributed by atoms with Crippen molar-refractivity contribution in [3.8, 4) is 0 Å². The van der Waals surface area contributed by atoms with Gasteiger partial charge in [-0.15, -0.1) is 0 Å². The summed E-state index contributed by atoms with van der Waals surface area (Å²) in [5.74, 6) is -1.77. The van der Waals surface area contributed by atoms with Crippen LogP contribution in [0.2, 0.25) is 0 Å². The van der Waals surface area contributed by atoms with Gasteiger partial charge in [-0.05, 0) is 25.7 Å². The summed E-state index contributed by atoms with van der Waals surface area (Å²) < 4.78 is 11.0.